The zero-order valence-corrected chi connectivity index (χ0v) is 13.4. The number of pyridine rings is 1. The number of fused-ring (bicyclic) bond motifs is 1. The molecule has 1 aliphatic rings. The lowest BCUT2D eigenvalue weighted by atomic mass is 10.1. The van der Waals surface area contributed by atoms with Gasteiger partial charge in [-0.3, -0.25) is 9.59 Å². The quantitative estimate of drug-likeness (QED) is 0.890. The third kappa shape index (κ3) is 3.07. The number of ether oxygens (including phenoxy) is 1. The Kier molecular flexibility index (Phi) is 4.43. The maximum absolute atomic E-state index is 12.3. The van der Waals surface area contributed by atoms with Crippen LogP contribution in [-0.2, 0) is 9.53 Å². The molecule has 3 rings (SSSR count). The van der Waals surface area contributed by atoms with Gasteiger partial charge in [-0.1, -0.05) is 12.1 Å². The first kappa shape index (κ1) is 15.9. The van der Waals surface area contributed by atoms with Crippen LogP contribution >= 0.6 is 0 Å². The second-order valence-electron chi connectivity index (χ2n) is 5.46. The molecule has 1 aromatic heterocycles. The van der Waals surface area contributed by atoms with Crippen molar-refractivity contribution in [1.82, 2.24) is 10.3 Å². The van der Waals surface area contributed by atoms with Crippen molar-refractivity contribution in [3.05, 3.63) is 53.7 Å². The van der Waals surface area contributed by atoms with Crippen LogP contribution in [0.1, 0.15) is 22.1 Å². The van der Waals surface area contributed by atoms with Crippen molar-refractivity contribution in [2.75, 3.05) is 31.0 Å². The summed E-state index contributed by atoms with van der Waals surface area (Å²) < 4.78 is 4.78. The molecule has 1 unspecified atom stereocenters. The van der Waals surface area contributed by atoms with Gasteiger partial charge in [-0.15, -0.1) is 0 Å². The Balaban J connectivity index is 1.80. The van der Waals surface area contributed by atoms with E-state index in [1.165, 1.54) is 7.11 Å². The summed E-state index contributed by atoms with van der Waals surface area (Å²) in [5.41, 5.74) is 2.12. The molecule has 0 fully saturated rings. The van der Waals surface area contributed by atoms with Gasteiger partial charge in [0.05, 0.1) is 5.56 Å². The summed E-state index contributed by atoms with van der Waals surface area (Å²) in [5.74, 6) is 0.272. The van der Waals surface area contributed by atoms with E-state index < -0.39 is 0 Å². The van der Waals surface area contributed by atoms with E-state index in [0.29, 0.717) is 17.1 Å². The number of hydrogen-bond donors (Lipinski definition) is 2. The summed E-state index contributed by atoms with van der Waals surface area (Å²) in [6, 6.07) is 10.8. The molecule has 2 heterocycles. The molecule has 124 valence electrons. The van der Waals surface area contributed by atoms with Gasteiger partial charge in [-0.2, -0.15) is 0 Å². The predicted octanol–water partition coefficient (Wildman–Crippen LogP) is 1.54. The molecule has 1 aromatic carbocycles. The minimum atomic E-state index is -0.316. The number of nitrogens with zero attached hydrogens (tertiary/aromatic N) is 2. The summed E-state index contributed by atoms with van der Waals surface area (Å²) in [6.45, 7) is 0.00558. The van der Waals surface area contributed by atoms with Crippen molar-refractivity contribution in [2.45, 2.75) is 6.17 Å². The molecule has 1 aliphatic heterocycles. The first-order valence-electron chi connectivity index (χ1n) is 7.47. The maximum Gasteiger partial charge on any atom is 0.256 e. The summed E-state index contributed by atoms with van der Waals surface area (Å²) in [5, 5.41) is 5.69. The van der Waals surface area contributed by atoms with Crippen LogP contribution in [0.3, 0.4) is 0 Å². The van der Waals surface area contributed by atoms with E-state index in [4.69, 9.17) is 4.74 Å². The monoisotopic (exact) mass is 326 g/mol. The smallest absolute Gasteiger partial charge is 0.256 e. The lowest BCUT2D eigenvalue weighted by Gasteiger charge is -2.35. The number of benzene rings is 1. The molecule has 7 nitrogen and oxygen atoms in total. The molecule has 0 saturated carbocycles. The number of carbonyl (C=O) groups is 2. The third-order valence-electron chi connectivity index (χ3n) is 3.81. The van der Waals surface area contributed by atoms with E-state index >= 15 is 0 Å². The number of hydrogen-bond acceptors (Lipinski definition) is 5. The highest BCUT2D eigenvalue weighted by Crippen LogP contribution is 2.30. The summed E-state index contributed by atoms with van der Waals surface area (Å²) >= 11 is 0. The molecule has 0 spiro atoms. The molecule has 24 heavy (non-hydrogen) atoms. The fraction of sp³-hybridized carbons (Fsp3) is 0.235. The Morgan fingerprint density at radius 1 is 1.33 bits per heavy atom. The van der Waals surface area contributed by atoms with Crippen LogP contribution in [-0.4, -0.2) is 37.6 Å². The van der Waals surface area contributed by atoms with Crippen LogP contribution in [0.5, 0.6) is 0 Å². The highest BCUT2D eigenvalue weighted by molar-refractivity contribution is 6.01. The molecule has 0 radical (unpaired) electrons. The van der Waals surface area contributed by atoms with Crippen LogP contribution in [0.25, 0.3) is 0 Å². The number of rotatable bonds is 4. The van der Waals surface area contributed by atoms with Gasteiger partial charge in [-0.25, -0.2) is 4.98 Å². The zero-order valence-electron chi connectivity index (χ0n) is 13.4. The van der Waals surface area contributed by atoms with E-state index in [-0.39, 0.29) is 24.6 Å². The van der Waals surface area contributed by atoms with Crippen molar-refractivity contribution >= 4 is 23.3 Å². The van der Waals surface area contributed by atoms with E-state index in [1.54, 1.807) is 30.5 Å². The molecular formula is C17H18N4O3. The average molecular weight is 326 g/mol. The van der Waals surface area contributed by atoms with Crippen molar-refractivity contribution in [3.63, 3.8) is 0 Å². The SMILES string of the molecule is COCC(=O)Nc1ccc(C2NC(=O)c3cccnc3N2C)cc1. The van der Waals surface area contributed by atoms with Crippen LogP contribution in [0, 0.1) is 0 Å². The fourth-order valence-corrected chi connectivity index (χ4v) is 2.66. The van der Waals surface area contributed by atoms with E-state index in [9.17, 15) is 9.59 Å². The maximum atomic E-state index is 12.3. The molecule has 2 amide bonds. The Morgan fingerprint density at radius 3 is 2.79 bits per heavy atom. The van der Waals surface area contributed by atoms with E-state index in [2.05, 4.69) is 15.6 Å². The number of carbonyl (C=O) groups excluding carboxylic acids is 2. The van der Waals surface area contributed by atoms with Crippen molar-refractivity contribution < 1.29 is 14.3 Å². The second-order valence-corrected chi connectivity index (χ2v) is 5.46. The lowest BCUT2D eigenvalue weighted by molar-refractivity contribution is -0.119. The van der Waals surface area contributed by atoms with Gasteiger partial charge in [0.25, 0.3) is 5.91 Å². The predicted molar refractivity (Wildman–Crippen MR) is 89.8 cm³/mol. The van der Waals surface area contributed by atoms with Gasteiger partial charge < -0.3 is 20.3 Å². The Hall–Kier alpha value is -2.93. The molecule has 0 aliphatic carbocycles. The Bertz CT molecular complexity index is 761. The molecule has 2 N–H and O–H groups in total. The molecule has 0 bridgehead atoms. The largest absolute Gasteiger partial charge is 0.375 e. The zero-order chi connectivity index (χ0) is 17.1. The number of anilines is 2. The highest BCUT2D eigenvalue weighted by atomic mass is 16.5. The van der Waals surface area contributed by atoms with Gasteiger partial charge in [-0.05, 0) is 29.8 Å². The minimum absolute atomic E-state index is 0.00558. The van der Waals surface area contributed by atoms with Gasteiger partial charge in [0.1, 0.15) is 18.6 Å². The van der Waals surface area contributed by atoms with Crippen LogP contribution in [0.4, 0.5) is 11.5 Å². The highest BCUT2D eigenvalue weighted by Gasteiger charge is 2.30. The number of aromatic nitrogens is 1. The fourth-order valence-electron chi connectivity index (χ4n) is 2.66. The molecular weight excluding hydrogens is 308 g/mol. The van der Waals surface area contributed by atoms with Gasteiger partial charge in [0.15, 0.2) is 0 Å². The first-order valence-corrected chi connectivity index (χ1v) is 7.47. The summed E-state index contributed by atoms with van der Waals surface area (Å²) in [7, 11) is 3.35. The minimum Gasteiger partial charge on any atom is -0.375 e. The van der Waals surface area contributed by atoms with Crippen LogP contribution in [0.2, 0.25) is 0 Å². The second kappa shape index (κ2) is 6.67. The Morgan fingerprint density at radius 2 is 2.08 bits per heavy atom. The van der Waals surface area contributed by atoms with E-state index in [0.717, 1.165) is 5.56 Å². The number of nitrogens with one attached hydrogen (secondary N) is 2. The van der Waals surface area contributed by atoms with Crippen LogP contribution < -0.4 is 15.5 Å². The van der Waals surface area contributed by atoms with Gasteiger partial charge >= 0.3 is 0 Å². The average Bonchev–Trinajstić information content (AvgIpc) is 2.59. The molecule has 7 heteroatoms. The van der Waals surface area contributed by atoms with Crippen LogP contribution in [0.15, 0.2) is 42.6 Å². The van der Waals surface area contributed by atoms with Crippen molar-refractivity contribution in [1.29, 1.82) is 0 Å². The summed E-state index contributed by atoms with van der Waals surface area (Å²) in [4.78, 5) is 30.0. The number of methoxy groups -OCH3 is 1. The first-order chi connectivity index (χ1) is 11.6. The third-order valence-corrected chi connectivity index (χ3v) is 3.81. The number of amides is 2. The lowest BCUT2D eigenvalue weighted by Crippen LogP contribution is -2.45. The normalized spacial score (nSPS) is 16.3. The van der Waals surface area contributed by atoms with Crippen molar-refractivity contribution in [3.8, 4) is 0 Å². The topological polar surface area (TPSA) is 83.6 Å². The molecule has 1 atom stereocenters. The standard InChI is InChI=1S/C17H18N4O3/c1-21-15(20-17(23)13-4-3-9-18-16(13)21)11-5-7-12(8-6-11)19-14(22)10-24-2/h3-9,15H,10H2,1-2H3,(H,19,22)(H,20,23). The van der Waals surface area contributed by atoms with E-state index in [1.807, 2.05) is 24.1 Å². The van der Waals surface area contributed by atoms with Gasteiger partial charge in [0.2, 0.25) is 5.91 Å². The molecule has 0 saturated heterocycles. The summed E-state index contributed by atoms with van der Waals surface area (Å²) in [6.07, 6.45) is 1.35. The Labute approximate surface area is 139 Å². The van der Waals surface area contributed by atoms with Crippen molar-refractivity contribution in [2.24, 2.45) is 0 Å². The molecule has 2 aromatic rings. The van der Waals surface area contributed by atoms with Gasteiger partial charge in [0, 0.05) is 26.0 Å².